The molecule has 4 rings (SSSR count). The number of fused-ring (bicyclic) bond motifs is 3. The van der Waals surface area contributed by atoms with E-state index in [2.05, 4.69) is 5.16 Å². The second-order valence-corrected chi connectivity index (χ2v) is 6.86. The molecule has 0 spiro atoms. The number of halogens is 1. The summed E-state index contributed by atoms with van der Waals surface area (Å²) in [5.74, 6) is 0.950. The summed E-state index contributed by atoms with van der Waals surface area (Å²) in [6.07, 6.45) is 3.03. The summed E-state index contributed by atoms with van der Waals surface area (Å²) >= 11 is 6.39. The van der Waals surface area contributed by atoms with Crippen molar-refractivity contribution >= 4 is 33.4 Å². The third-order valence-electron chi connectivity index (χ3n) is 4.86. The summed E-state index contributed by atoms with van der Waals surface area (Å²) in [5.41, 5.74) is 7.31. The highest BCUT2D eigenvalue weighted by molar-refractivity contribution is 6.37. The summed E-state index contributed by atoms with van der Waals surface area (Å²) < 4.78 is 7.07. The molecule has 0 bridgehead atoms. The van der Waals surface area contributed by atoms with E-state index in [1.807, 2.05) is 22.8 Å². The molecule has 5 nitrogen and oxygen atoms in total. The van der Waals surface area contributed by atoms with Crippen LogP contribution in [0.1, 0.15) is 25.0 Å². The molecule has 23 heavy (non-hydrogen) atoms. The first kappa shape index (κ1) is 14.7. The Morgan fingerprint density at radius 1 is 1.39 bits per heavy atom. The summed E-state index contributed by atoms with van der Waals surface area (Å²) in [7, 11) is 0. The van der Waals surface area contributed by atoms with Crippen LogP contribution in [0.5, 0.6) is 0 Å². The van der Waals surface area contributed by atoms with Gasteiger partial charge in [-0.05, 0) is 44.2 Å². The summed E-state index contributed by atoms with van der Waals surface area (Å²) in [6, 6.07) is 5.83. The lowest BCUT2D eigenvalue weighted by Gasteiger charge is -2.16. The first-order chi connectivity index (χ1) is 11.1. The van der Waals surface area contributed by atoms with E-state index >= 15 is 0 Å². The average molecular weight is 332 g/mol. The fraction of sp³-hybridized carbons (Fsp3) is 0.412. The van der Waals surface area contributed by atoms with Crippen molar-refractivity contribution in [2.45, 2.75) is 38.8 Å². The van der Waals surface area contributed by atoms with Crippen LogP contribution in [-0.2, 0) is 6.54 Å². The Labute approximate surface area is 138 Å². The van der Waals surface area contributed by atoms with E-state index in [0.29, 0.717) is 34.1 Å². The fourth-order valence-electron chi connectivity index (χ4n) is 3.73. The normalized spacial score (nSPS) is 21.5. The van der Waals surface area contributed by atoms with Gasteiger partial charge < -0.3 is 14.8 Å². The van der Waals surface area contributed by atoms with Gasteiger partial charge in [-0.15, -0.1) is 0 Å². The monoisotopic (exact) mass is 331 g/mol. The standard InChI is InChI=1S/C17H18ClN3O2/c1-9-14-16(20-23-9)15-12(18)3-2-4-13(15)21(17(14)22)8-10-5-6-11(19)7-10/h2-4,10-11H,5-8,19H2,1H3. The SMILES string of the molecule is Cc1onc2c1c(=O)n(CC1CCC(N)C1)c1cccc(Cl)c21. The average Bonchev–Trinajstić information content (AvgIpc) is 3.10. The van der Waals surface area contributed by atoms with Crippen molar-refractivity contribution < 1.29 is 4.52 Å². The molecule has 2 heterocycles. The molecule has 2 N–H and O–H groups in total. The predicted molar refractivity (Wildman–Crippen MR) is 90.8 cm³/mol. The molecule has 0 aliphatic heterocycles. The van der Waals surface area contributed by atoms with E-state index in [9.17, 15) is 4.79 Å². The van der Waals surface area contributed by atoms with Gasteiger partial charge in [0.05, 0.1) is 10.5 Å². The van der Waals surface area contributed by atoms with Crippen molar-refractivity contribution in [3.8, 4) is 0 Å². The van der Waals surface area contributed by atoms with Crippen LogP contribution in [0.3, 0.4) is 0 Å². The number of hydrogen-bond acceptors (Lipinski definition) is 4. The number of hydrogen-bond donors (Lipinski definition) is 1. The molecule has 3 aromatic rings. The van der Waals surface area contributed by atoms with Crippen molar-refractivity contribution in [2.24, 2.45) is 11.7 Å². The Balaban J connectivity index is 2.00. The highest BCUT2D eigenvalue weighted by Gasteiger charge is 2.25. The number of aromatic nitrogens is 2. The van der Waals surface area contributed by atoms with Crippen LogP contribution in [-0.4, -0.2) is 15.8 Å². The van der Waals surface area contributed by atoms with E-state index in [1.165, 1.54) is 0 Å². The van der Waals surface area contributed by atoms with Crippen molar-refractivity contribution in [3.63, 3.8) is 0 Å². The smallest absolute Gasteiger partial charge is 0.264 e. The first-order valence-corrected chi connectivity index (χ1v) is 8.26. The van der Waals surface area contributed by atoms with E-state index in [1.54, 1.807) is 6.92 Å². The maximum absolute atomic E-state index is 13.0. The highest BCUT2D eigenvalue weighted by Crippen LogP contribution is 2.32. The lowest BCUT2D eigenvalue weighted by Crippen LogP contribution is -2.25. The minimum absolute atomic E-state index is 0.0611. The van der Waals surface area contributed by atoms with Gasteiger partial charge in [0.25, 0.3) is 5.56 Å². The zero-order valence-corrected chi connectivity index (χ0v) is 13.6. The minimum atomic E-state index is -0.0611. The third-order valence-corrected chi connectivity index (χ3v) is 5.18. The highest BCUT2D eigenvalue weighted by atomic mass is 35.5. The van der Waals surface area contributed by atoms with E-state index in [4.69, 9.17) is 21.9 Å². The molecule has 0 radical (unpaired) electrons. The molecule has 1 aliphatic carbocycles. The maximum atomic E-state index is 13.0. The summed E-state index contributed by atoms with van der Waals surface area (Å²) in [4.78, 5) is 13.0. The van der Waals surface area contributed by atoms with Crippen LogP contribution >= 0.6 is 11.6 Å². The van der Waals surface area contributed by atoms with Gasteiger partial charge in [0.15, 0.2) is 0 Å². The minimum Gasteiger partial charge on any atom is -0.360 e. The van der Waals surface area contributed by atoms with Gasteiger partial charge in [0, 0.05) is 18.0 Å². The lowest BCUT2D eigenvalue weighted by molar-refractivity contribution is 0.405. The van der Waals surface area contributed by atoms with Gasteiger partial charge in [0.2, 0.25) is 0 Å². The number of pyridine rings is 1. The molecule has 1 aromatic carbocycles. The van der Waals surface area contributed by atoms with E-state index in [0.717, 1.165) is 30.2 Å². The molecule has 1 fully saturated rings. The lowest BCUT2D eigenvalue weighted by atomic mass is 10.1. The molecule has 0 amide bonds. The van der Waals surface area contributed by atoms with Gasteiger partial charge in [-0.2, -0.15) is 0 Å². The third kappa shape index (κ3) is 2.26. The molecule has 6 heteroatoms. The fourth-order valence-corrected chi connectivity index (χ4v) is 3.99. The van der Waals surface area contributed by atoms with Crippen LogP contribution in [0.25, 0.3) is 21.8 Å². The molecule has 1 saturated carbocycles. The van der Waals surface area contributed by atoms with Gasteiger partial charge in [-0.3, -0.25) is 4.79 Å². The quantitative estimate of drug-likeness (QED) is 0.782. The molecular weight excluding hydrogens is 314 g/mol. The van der Waals surface area contributed by atoms with Gasteiger partial charge in [-0.1, -0.05) is 22.8 Å². The van der Waals surface area contributed by atoms with Gasteiger partial charge in [-0.25, -0.2) is 0 Å². The molecular formula is C17H18ClN3O2. The number of benzene rings is 1. The second kappa shape index (κ2) is 5.35. The molecule has 2 aromatic heterocycles. The van der Waals surface area contributed by atoms with Crippen molar-refractivity contribution in [1.82, 2.24) is 9.72 Å². The summed E-state index contributed by atoms with van der Waals surface area (Å²) in [5, 5.41) is 5.94. The topological polar surface area (TPSA) is 74.0 Å². The van der Waals surface area contributed by atoms with Gasteiger partial charge in [0.1, 0.15) is 16.7 Å². The first-order valence-electron chi connectivity index (χ1n) is 7.89. The zero-order valence-electron chi connectivity index (χ0n) is 12.9. The predicted octanol–water partition coefficient (Wildman–Crippen LogP) is 3.23. The molecule has 2 unspecified atom stereocenters. The Morgan fingerprint density at radius 2 is 2.22 bits per heavy atom. The maximum Gasteiger partial charge on any atom is 0.264 e. The van der Waals surface area contributed by atoms with Crippen LogP contribution in [0.15, 0.2) is 27.5 Å². The molecule has 1 aliphatic rings. The van der Waals surface area contributed by atoms with Gasteiger partial charge >= 0.3 is 0 Å². The second-order valence-electron chi connectivity index (χ2n) is 6.45. The van der Waals surface area contributed by atoms with Crippen LogP contribution in [0.4, 0.5) is 0 Å². The Kier molecular flexibility index (Phi) is 3.43. The van der Waals surface area contributed by atoms with E-state index in [-0.39, 0.29) is 11.6 Å². The van der Waals surface area contributed by atoms with Crippen LogP contribution < -0.4 is 11.3 Å². The number of nitrogens with zero attached hydrogens (tertiary/aromatic N) is 2. The molecule has 2 atom stereocenters. The number of aryl methyl sites for hydroxylation is 1. The number of nitrogens with two attached hydrogens (primary N) is 1. The van der Waals surface area contributed by atoms with Crippen molar-refractivity contribution in [1.29, 1.82) is 0 Å². The van der Waals surface area contributed by atoms with Crippen molar-refractivity contribution in [2.75, 3.05) is 0 Å². The van der Waals surface area contributed by atoms with Crippen LogP contribution in [0, 0.1) is 12.8 Å². The van der Waals surface area contributed by atoms with E-state index < -0.39 is 0 Å². The molecule has 120 valence electrons. The largest absolute Gasteiger partial charge is 0.360 e. The Morgan fingerprint density at radius 3 is 2.96 bits per heavy atom. The Hall–Kier alpha value is -1.85. The van der Waals surface area contributed by atoms with Crippen molar-refractivity contribution in [3.05, 3.63) is 39.3 Å². The van der Waals surface area contributed by atoms with Crippen LogP contribution in [0.2, 0.25) is 5.02 Å². The molecule has 0 saturated heterocycles. The Bertz CT molecular complexity index is 960. The summed E-state index contributed by atoms with van der Waals surface area (Å²) in [6.45, 7) is 2.42. The number of rotatable bonds is 2. The zero-order chi connectivity index (χ0) is 16.1.